The molecule has 1 fully saturated rings. The third-order valence-corrected chi connectivity index (χ3v) is 6.47. The lowest BCUT2D eigenvalue weighted by molar-refractivity contribution is -0.118. The van der Waals surface area contributed by atoms with Crippen LogP contribution in [0.15, 0.2) is 24.4 Å². The first-order valence-corrected chi connectivity index (χ1v) is 11.5. The molecule has 1 aliphatic rings. The standard InChI is InChI=1S/C24H35F2N5O/c1-27-8-10-30(2)16-21-14-28-29-24(21)20-5-3-18(4-6-20)7-9-31(17-32)15-19-11-22(25)13-23(26)12-19/h11-14,17-18,20,27H,3-10,15-16H2,1-2H3,(H,28,29). The molecular formula is C24H35F2N5O. The van der Waals surface area contributed by atoms with Crippen LogP contribution in [0.2, 0.25) is 0 Å². The Labute approximate surface area is 189 Å². The zero-order chi connectivity index (χ0) is 22.9. The second-order valence-corrected chi connectivity index (χ2v) is 9.01. The average molecular weight is 448 g/mol. The smallest absolute Gasteiger partial charge is 0.210 e. The molecule has 0 radical (unpaired) electrons. The normalized spacial score (nSPS) is 18.8. The second-order valence-electron chi connectivity index (χ2n) is 9.01. The number of benzene rings is 1. The van der Waals surface area contributed by atoms with Gasteiger partial charge in [-0.25, -0.2) is 8.78 Å². The number of aromatic nitrogens is 2. The maximum absolute atomic E-state index is 13.4. The topological polar surface area (TPSA) is 64.3 Å². The van der Waals surface area contributed by atoms with Crippen molar-refractivity contribution in [3.8, 4) is 0 Å². The average Bonchev–Trinajstić information content (AvgIpc) is 3.22. The second kappa shape index (κ2) is 12.1. The van der Waals surface area contributed by atoms with Gasteiger partial charge >= 0.3 is 0 Å². The fraction of sp³-hybridized carbons (Fsp3) is 0.583. The van der Waals surface area contributed by atoms with Crippen molar-refractivity contribution in [2.24, 2.45) is 5.92 Å². The van der Waals surface area contributed by atoms with Gasteiger partial charge in [-0.3, -0.25) is 9.89 Å². The Morgan fingerprint density at radius 1 is 1.12 bits per heavy atom. The van der Waals surface area contributed by atoms with E-state index in [4.69, 9.17) is 0 Å². The molecule has 0 spiro atoms. The number of hydrogen-bond donors (Lipinski definition) is 2. The number of halogens is 2. The summed E-state index contributed by atoms with van der Waals surface area (Å²) in [5, 5.41) is 10.7. The molecule has 2 N–H and O–H groups in total. The van der Waals surface area contributed by atoms with E-state index in [1.165, 1.54) is 23.4 Å². The van der Waals surface area contributed by atoms with Gasteiger partial charge in [0.15, 0.2) is 0 Å². The largest absolute Gasteiger partial charge is 0.341 e. The van der Waals surface area contributed by atoms with Crippen LogP contribution in [-0.2, 0) is 17.9 Å². The van der Waals surface area contributed by atoms with Gasteiger partial charge in [0.05, 0.1) is 6.20 Å². The van der Waals surface area contributed by atoms with Crippen molar-refractivity contribution in [2.45, 2.75) is 51.1 Å². The van der Waals surface area contributed by atoms with Gasteiger partial charge in [0.2, 0.25) is 6.41 Å². The van der Waals surface area contributed by atoms with Crippen LogP contribution in [0.1, 0.15) is 54.8 Å². The van der Waals surface area contributed by atoms with Gasteiger partial charge in [-0.1, -0.05) is 0 Å². The summed E-state index contributed by atoms with van der Waals surface area (Å²) in [7, 11) is 4.09. The van der Waals surface area contributed by atoms with Crippen molar-refractivity contribution in [1.82, 2.24) is 25.3 Å². The van der Waals surface area contributed by atoms with Crippen molar-refractivity contribution in [2.75, 3.05) is 33.7 Å². The minimum absolute atomic E-state index is 0.228. The van der Waals surface area contributed by atoms with E-state index < -0.39 is 11.6 Å². The number of H-pyrrole nitrogens is 1. The highest BCUT2D eigenvalue weighted by atomic mass is 19.1. The zero-order valence-corrected chi connectivity index (χ0v) is 19.1. The van der Waals surface area contributed by atoms with Gasteiger partial charge in [0, 0.05) is 56.0 Å². The number of nitrogens with one attached hydrogen (secondary N) is 2. The van der Waals surface area contributed by atoms with Crippen LogP contribution in [0, 0.1) is 17.6 Å². The Balaban J connectivity index is 1.46. The van der Waals surface area contributed by atoms with E-state index >= 15 is 0 Å². The van der Waals surface area contributed by atoms with Gasteiger partial charge in [-0.2, -0.15) is 5.10 Å². The highest BCUT2D eigenvalue weighted by Crippen LogP contribution is 2.37. The molecule has 176 valence electrons. The van der Waals surface area contributed by atoms with E-state index in [0.717, 1.165) is 64.2 Å². The first-order chi connectivity index (χ1) is 15.5. The first kappa shape index (κ1) is 24.3. The number of amides is 1. The number of aromatic amines is 1. The molecule has 1 aromatic heterocycles. The Morgan fingerprint density at radius 2 is 1.84 bits per heavy atom. The summed E-state index contributed by atoms with van der Waals surface area (Å²) in [6.07, 6.45) is 8.07. The molecule has 32 heavy (non-hydrogen) atoms. The van der Waals surface area contributed by atoms with Crippen LogP contribution in [0.5, 0.6) is 0 Å². The summed E-state index contributed by atoms with van der Waals surface area (Å²) < 4.78 is 26.8. The Hall–Kier alpha value is -2.32. The van der Waals surface area contributed by atoms with Crippen LogP contribution < -0.4 is 5.32 Å². The molecule has 2 aromatic rings. The molecule has 0 atom stereocenters. The number of carbonyl (C=O) groups is 1. The Morgan fingerprint density at radius 3 is 2.50 bits per heavy atom. The van der Waals surface area contributed by atoms with Crippen LogP contribution >= 0.6 is 0 Å². The lowest BCUT2D eigenvalue weighted by Crippen LogP contribution is -2.27. The molecule has 1 heterocycles. The van der Waals surface area contributed by atoms with Crippen molar-refractivity contribution >= 4 is 6.41 Å². The minimum atomic E-state index is -0.615. The number of likely N-dealkylation sites (N-methyl/N-ethyl adjacent to an activating group) is 2. The molecule has 6 nitrogen and oxygen atoms in total. The Kier molecular flexibility index (Phi) is 9.17. The quantitative estimate of drug-likeness (QED) is 0.488. The molecule has 8 heteroatoms. The SMILES string of the molecule is CNCCN(C)Cc1cn[nH]c1C1CCC(CCN(C=O)Cc2cc(F)cc(F)c2)CC1. The van der Waals surface area contributed by atoms with Gasteiger partial charge < -0.3 is 15.1 Å². The molecule has 0 aliphatic heterocycles. The molecule has 0 saturated heterocycles. The van der Waals surface area contributed by atoms with Gasteiger partial charge in [-0.05, 0) is 69.8 Å². The number of nitrogens with zero attached hydrogens (tertiary/aromatic N) is 3. The van der Waals surface area contributed by atoms with Gasteiger partial charge in [0.1, 0.15) is 11.6 Å². The third-order valence-electron chi connectivity index (χ3n) is 6.47. The van der Waals surface area contributed by atoms with Crippen molar-refractivity contribution in [1.29, 1.82) is 0 Å². The van der Waals surface area contributed by atoms with E-state index in [1.54, 1.807) is 4.90 Å². The fourth-order valence-electron chi connectivity index (χ4n) is 4.67. The minimum Gasteiger partial charge on any atom is -0.341 e. The van der Waals surface area contributed by atoms with E-state index in [0.29, 0.717) is 23.9 Å². The molecular weight excluding hydrogens is 412 g/mol. The fourth-order valence-corrected chi connectivity index (χ4v) is 4.67. The molecule has 3 rings (SSSR count). The predicted molar refractivity (Wildman–Crippen MR) is 121 cm³/mol. The van der Waals surface area contributed by atoms with Crippen LogP contribution in [0.25, 0.3) is 0 Å². The van der Waals surface area contributed by atoms with Crippen LogP contribution in [-0.4, -0.2) is 60.1 Å². The third kappa shape index (κ3) is 7.10. The molecule has 1 aromatic carbocycles. The number of rotatable bonds is 12. The van der Waals surface area contributed by atoms with Crippen molar-refractivity contribution in [3.05, 3.63) is 52.9 Å². The van der Waals surface area contributed by atoms with Gasteiger partial charge in [0.25, 0.3) is 0 Å². The van der Waals surface area contributed by atoms with Crippen molar-refractivity contribution in [3.63, 3.8) is 0 Å². The van der Waals surface area contributed by atoms with Crippen LogP contribution in [0.4, 0.5) is 8.78 Å². The summed E-state index contributed by atoms with van der Waals surface area (Å²) >= 11 is 0. The van der Waals surface area contributed by atoms with E-state index in [1.807, 2.05) is 13.2 Å². The monoisotopic (exact) mass is 447 g/mol. The summed E-state index contributed by atoms with van der Waals surface area (Å²) in [5.41, 5.74) is 3.02. The molecule has 1 aliphatic carbocycles. The summed E-state index contributed by atoms with van der Waals surface area (Å²) in [6.45, 7) is 3.67. The molecule has 0 unspecified atom stereocenters. The summed E-state index contributed by atoms with van der Waals surface area (Å²) in [4.78, 5) is 15.4. The van der Waals surface area contributed by atoms with E-state index in [9.17, 15) is 13.6 Å². The summed E-state index contributed by atoms with van der Waals surface area (Å²) in [5.74, 6) is -0.173. The maximum atomic E-state index is 13.4. The Bertz CT molecular complexity index is 830. The van der Waals surface area contributed by atoms with Gasteiger partial charge in [-0.15, -0.1) is 0 Å². The van der Waals surface area contributed by atoms with Crippen molar-refractivity contribution < 1.29 is 13.6 Å². The highest BCUT2D eigenvalue weighted by molar-refractivity contribution is 5.47. The number of carbonyl (C=O) groups excluding carboxylic acids is 1. The predicted octanol–water partition coefficient (Wildman–Crippen LogP) is 3.66. The van der Waals surface area contributed by atoms with E-state index in [-0.39, 0.29) is 6.54 Å². The highest BCUT2D eigenvalue weighted by Gasteiger charge is 2.25. The lowest BCUT2D eigenvalue weighted by atomic mass is 9.78. The first-order valence-electron chi connectivity index (χ1n) is 11.5. The molecule has 0 bridgehead atoms. The molecule has 1 amide bonds. The lowest BCUT2D eigenvalue weighted by Gasteiger charge is -2.30. The maximum Gasteiger partial charge on any atom is 0.210 e. The summed E-state index contributed by atoms with van der Waals surface area (Å²) in [6, 6.07) is 3.41. The number of hydrogen-bond acceptors (Lipinski definition) is 4. The van der Waals surface area contributed by atoms with Crippen LogP contribution in [0.3, 0.4) is 0 Å². The molecule has 1 saturated carbocycles. The zero-order valence-electron chi connectivity index (χ0n) is 19.1. The van der Waals surface area contributed by atoms with E-state index in [2.05, 4.69) is 27.5 Å².